The third-order valence-electron chi connectivity index (χ3n) is 4.67. The molecule has 0 saturated heterocycles. The van der Waals surface area contributed by atoms with Crippen molar-refractivity contribution >= 4 is 17.7 Å². The first kappa shape index (κ1) is 18.0. The van der Waals surface area contributed by atoms with Crippen molar-refractivity contribution in [2.24, 2.45) is 11.8 Å². The van der Waals surface area contributed by atoms with Crippen LogP contribution in [0.4, 0.5) is 0 Å². The molecule has 1 fully saturated rings. The third kappa shape index (κ3) is 5.37. The Kier molecular flexibility index (Phi) is 6.69. The van der Waals surface area contributed by atoms with E-state index in [1.807, 2.05) is 0 Å². The van der Waals surface area contributed by atoms with E-state index in [1.165, 1.54) is 30.7 Å². The summed E-state index contributed by atoms with van der Waals surface area (Å²) >= 11 is 1.29. The van der Waals surface area contributed by atoms with Gasteiger partial charge in [-0.15, -0.1) is 0 Å². The van der Waals surface area contributed by atoms with Gasteiger partial charge in [-0.3, -0.25) is 9.59 Å². The van der Waals surface area contributed by atoms with Crippen LogP contribution in [0.1, 0.15) is 52.1 Å². The SMILES string of the molecule is CCCc1cc(=O)[nH]c(SCC(=O)N[C@@H]2CCC[C@H](C)[C@H]2C)n1. The molecule has 0 bridgehead atoms. The van der Waals surface area contributed by atoms with Crippen LogP contribution >= 0.6 is 11.8 Å². The Bertz CT molecular complexity index is 587. The Balaban J connectivity index is 1.88. The zero-order valence-electron chi connectivity index (χ0n) is 14.2. The van der Waals surface area contributed by atoms with Crippen molar-refractivity contribution < 1.29 is 4.79 Å². The number of hydrogen-bond donors (Lipinski definition) is 2. The van der Waals surface area contributed by atoms with Crippen molar-refractivity contribution in [2.75, 3.05) is 5.75 Å². The lowest BCUT2D eigenvalue weighted by molar-refractivity contribution is -0.120. The summed E-state index contributed by atoms with van der Waals surface area (Å²) < 4.78 is 0. The molecule has 2 rings (SSSR count). The monoisotopic (exact) mass is 337 g/mol. The number of nitrogens with one attached hydrogen (secondary N) is 2. The number of aromatic nitrogens is 2. The molecular formula is C17H27N3O2S. The predicted octanol–water partition coefficient (Wildman–Crippen LogP) is 2.76. The highest BCUT2D eigenvalue weighted by molar-refractivity contribution is 7.99. The highest BCUT2D eigenvalue weighted by atomic mass is 32.2. The fourth-order valence-corrected chi connectivity index (χ4v) is 3.81. The first-order chi connectivity index (χ1) is 11.0. The Morgan fingerprint density at radius 3 is 2.96 bits per heavy atom. The molecule has 1 aromatic rings. The summed E-state index contributed by atoms with van der Waals surface area (Å²) in [6.45, 7) is 6.52. The second-order valence-corrected chi connectivity index (χ2v) is 7.49. The standard InChI is InChI=1S/C17H27N3O2S/c1-4-6-13-9-15(21)20-17(18-13)23-10-16(22)19-14-8-5-7-11(2)12(14)3/h9,11-12,14H,4-8,10H2,1-3H3,(H,19,22)(H,18,20,21)/t11-,12+,14+/m0/s1. The number of amides is 1. The summed E-state index contributed by atoms with van der Waals surface area (Å²) in [4.78, 5) is 30.9. The number of hydrogen-bond acceptors (Lipinski definition) is 4. The lowest BCUT2D eigenvalue weighted by atomic mass is 9.78. The smallest absolute Gasteiger partial charge is 0.251 e. The van der Waals surface area contributed by atoms with Crippen LogP contribution in [0.3, 0.4) is 0 Å². The maximum absolute atomic E-state index is 12.2. The molecule has 1 heterocycles. The van der Waals surface area contributed by atoms with Crippen LogP contribution in [-0.2, 0) is 11.2 Å². The van der Waals surface area contributed by atoms with Gasteiger partial charge in [-0.05, 0) is 24.7 Å². The van der Waals surface area contributed by atoms with Gasteiger partial charge in [-0.25, -0.2) is 4.98 Å². The summed E-state index contributed by atoms with van der Waals surface area (Å²) in [5.74, 6) is 1.48. The minimum Gasteiger partial charge on any atom is -0.352 e. The summed E-state index contributed by atoms with van der Waals surface area (Å²) in [5.41, 5.74) is 0.634. The molecule has 3 atom stereocenters. The second-order valence-electron chi connectivity index (χ2n) is 6.52. The van der Waals surface area contributed by atoms with E-state index in [9.17, 15) is 9.59 Å². The Labute approximate surface area is 142 Å². The van der Waals surface area contributed by atoms with Crippen molar-refractivity contribution in [3.05, 3.63) is 22.1 Å². The predicted molar refractivity (Wildman–Crippen MR) is 93.7 cm³/mol. The molecule has 2 N–H and O–H groups in total. The molecular weight excluding hydrogens is 310 g/mol. The highest BCUT2D eigenvalue weighted by Gasteiger charge is 2.28. The number of nitrogens with zero attached hydrogens (tertiary/aromatic N) is 1. The molecule has 6 heteroatoms. The van der Waals surface area contributed by atoms with E-state index in [0.29, 0.717) is 17.0 Å². The lowest BCUT2D eigenvalue weighted by Gasteiger charge is -2.34. The van der Waals surface area contributed by atoms with Crippen molar-refractivity contribution in [1.29, 1.82) is 0 Å². The average molecular weight is 337 g/mol. The van der Waals surface area contributed by atoms with Crippen molar-refractivity contribution in [1.82, 2.24) is 15.3 Å². The van der Waals surface area contributed by atoms with Gasteiger partial charge in [0.05, 0.1) is 5.75 Å². The van der Waals surface area contributed by atoms with Crippen LogP contribution < -0.4 is 10.9 Å². The number of aromatic amines is 1. The highest BCUT2D eigenvalue weighted by Crippen LogP contribution is 2.29. The Morgan fingerprint density at radius 1 is 1.43 bits per heavy atom. The minimum atomic E-state index is -0.152. The number of carbonyl (C=O) groups is 1. The van der Waals surface area contributed by atoms with Gasteiger partial charge in [-0.1, -0.05) is 51.8 Å². The fourth-order valence-electron chi connectivity index (χ4n) is 3.10. The topological polar surface area (TPSA) is 74.8 Å². The van der Waals surface area contributed by atoms with Gasteiger partial charge in [0.25, 0.3) is 5.56 Å². The normalized spacial score (nSPS) is 24.4. The molecule has 0 unspecified atom stereocenters. The van der Waals surface area contributed by atoms with Crippen molar-refractivity contribution in [3.8, 4) is 0 Å². The van der Waals surface area contributed by atoms with Crippen LogP contribution in [0.5, 0.6) is 0 Å². The summed E-state index contributed by atoms with van der Waals surface area (Å²) in [5, 5.41) is 3.67. The first-order valence-electron chi connectivity index (χ1n) is 8.52. The molecule has 0 spiro atoms. The van der Waals surface area contributed by atoms with E-state index in [2.05, 4.69) is 36.1 Å². The van der Waals surface area contributed by atoms with Gasteiger partial charge < -0.3 is 10.3 Å². The number of aryl methyl sites for hydroxylation is 1. The third-order valence-corrected chi connectivity index (χ3v) is 5.55. The maximum Gasteiger partial charge on any atom is 0.251 e. The molecule has 0 aliphatic heterocycles. The zero-order valence-corrected chi connectivity index (χ0v) is 15.0. The minimum absolute atomic E-state index is 0.0180. The molecule has 1 aliphatic rings. The van der Waals surface area contributed by atoms with E-state index < -0.39 is 0 Å². The van der Waals surface area contributed by atoms with Crippen LogP contribution in [0.2, 0.25) is 0 Å². The Hall–Kier alpha value is -1.30. The van der Waals surface area contributed by atoms with Gasteiger partial charge in [0.15, 0.2) is 5.16 Å². The summed E-state index contributed by atoms with van der Waals surface area (Å²) in [6.07, 6.45) is 5.21. The number of rotatable bonds is 6. The average Bonchev–Trinajstić information content (AvgIpc) is 2.50. The molecule has 5 nitrogen and oxygen atoms in total. The van der Waals surface area contributed by atoms with Gasteiger partial charge >= 0.3 is 0 Å². The largest absolute Gasteiger partial charge is 0.352 e. The zero-order chi connectivity index (χ0) is 16.8. The van der Waals surface area contributed by atoms with Crippen molar-refractivity contribution in [3.63, 3.8) is 0 Å². The van der Waals surface area contributed by atoms with E-state index in [-0.39, 0.29) is 23.3 Å². The second kappa shape index (κ2) is 8.52. The van der Waals surface area contributed by atoms with Crippen LogP contribution in [-0.4, -0.2) is 27.7 Å². The van der Waals surface area contributed by atoms with Gasteiger partial charge in [0, 0.05) is 17.8 Å². The summed E-state index contributed by atoms with van der Waals surface area (Å²) in [6, 6.07) is 1.80. The number of thioether (sulfide) groups is 1. The molecule has 1 aromatic heterocycles. The van der Waals surface area contributed by atoms with Crippen LogP contribution in [0.25, 0.3) is 0 Å². The van der Waals surface area contributed by atoms with E-state index in [0.717, 1.165) is 25.0 Å². The maximum atomic E-state index is 12.2. The fraction of sp³-hybridized carbons (Fsp3) is 0.706. The molecule has 1 aliphatic carbocycles. The van der Waals surface area contributed by atoms with Crippen molar-refractivity contribution in [2.45, 2.75) is 64.1 Å². The summed E-state index contributed by atoms with van der Waals surface area (Å²) in [7, 11) is 0. The van der Waals surface area contributed by atoms with E-state index in [1.54, 1.807) is 0 Å². The number of carbonyl (C=O) groups excluding carboxylic acids is 1. The van der Waals surface area contributed by atoms with Crippen LogP contribution in [0, 0.1) is 11.8 Å². The molecule has 128 valence electrons. The molecule has 1 amide bonds. The Morgan fingerprint density at radius 2 is 2.22 bits per heavy atom. The van der Waals surface area contributed by atoms with E-state index >= 15 is 0 Å². The quantitative estimate of drug-likeness (QED) is 0.618. The molecule has 0 radical (unpaired) electrons. The van der Waals surface area contributed by atoms with Gasteiger partial charge in [0.1, 0.15) is 0 Å². The van der Waals surface area contributed by atoms with E-state index in [4.69, 9.17) is 0 Å². The first-order valence-corrected chi connectivity index (χ1v) is 9.50. The van der Waals surface area contributed by atoms with Gasteiger partial charge in [0.2, 0.25) is 5.91 Å². The lowest BCUT2D eigenvalue weighted by Crippen LogP contribution is -2.44. The number of H-pyrrole nitrogens is 1. The molecule has 23 heavy (non-hydrogen) atoms. The van der Waals surface area contributed by atoms with Gasteiger partial charge in [-0.2, -0.15) is 0 Å². The molecule has 1 saturated carbocycles. The van der Waals surface area contributed by atoms with Crippen LogP contribution in [0.15, 0.2) is 16.0 Å². The molecule has 0 aromatic carbocycles.